The van der Waals surface area contributed by atoms with E-state index < -0.39 is 18.0 Å². The molecule has 0 aromatic heterocycles. The first-order valence-electron chi connectivity index (χ1n) is 9.86. The molecule has 0 spiro atoms. The molecule has 4 N–H and O–H groups in total. The third kappa shape index (κ3) is 8.14. The van der Waals surface area contributed by atoms with Crippen LogP contribution in [0.15, 0.2) is 28.3 Å². The number of carboxylic acid groups (broad SMARTS) is 2. The lowest BCUT2D eigenvalue weighted by Crippen LogP contribution is -2.38. The minimum absolute atomic E-state index is 0.215. The Morgan fingerprint density at radius 2 is 1.93 bits per heavy atom. The molecule has 1 aliphatic carbocycles. The molecular weight excluding hydrogens is 432 g/mol. The molecule has 8 nitrogen and oxygen atoms in total. The van der Waals surface area contributed by atoms with Crippen LogP contribution in [0.2, 0.25) is 5.02 Å². The summed E-state index contributed by atoms with van der Waals surface area (Å²) in [5, 5.41) is 33.3. The summed E-state index contributed by atoms with van der Waals surface area (Å²) in [6.07, 6.45) is 6.67. The van der Waals surface area contributed by atoms with E-state index in [4.69, 9.17) is 36.2 Å². The van der Waals surface area contributed by atoms with Crippen LogP contribution in [0.5, 0.6) is 0 Å². The molecule has 1 fully saturated rings. The first kappa shape index (κ1) is 24.5. The fourth-order valence-corrected chi connectivity index (χ4v) is 4.62. The van der Waals surface area contributed by atoms with Gasteiger partial charge in [0, 0.05) is 35.2 Å². The average molecular weight is 459 g/mol. The molecule has 1 aromatic rings. The molecule has 1 aromatic carbocycles. The van der Waals surface area contributed by atoms with E-state index in [1.54, 1.807) is 11.8 Å². The van der Waals surface area contributed by atoms with Gasteiger partial charge < -0.3 is 25.5 Å². The van der Waals surface area contributed by atoms with Crippen molar-refractivity contribution in [2.45, 2.75) is 55.6 Å². The number of thioether (sulfide) groups is 1. The van der Waals surface area contributed by atoms with Crippen molar-refractivity contribution in [2.24, 2.45) is 5.16 Å². The molecule has 0 saturated heterocycles. The Labute approximate surface area is 184 Å². The van der Waals surface area contributed by atoms with Crippen LogP contribution in [0.4, 0.5) is 0 Å². The normalized spacial score (nSPS) is 18.7. The second kappa shape index (κ2) is 12.8. The number of carbonyl (C=O) groups is 2. The molecule has 1 heterocycles. The molecule has 2 aliphatic rings. The summed E-state index contributed by atoms with van der Waals surface area (Å²) in [5.74, 6) is -2.70. The summed E-state index contributed by atoms with van der Waals surface area (Å²) in [5.41, 5.74) is 1.97. The summed E-state index contributed by atoms with van der Waals surface area (Å²) in [4.78, 5) is 24.7. The maximum absolute atomic E-state index is 10.1. The average Bonchev–Trinajstić information content (AvgIpc) is 2.74. The van der Waals surface area contributed by atoms with Crippen molar-refractivity contribution in [2.75, 3.05) is 18.9 Å². The lowest BCUT2D eigenvalue weighted by Gasteiger charge is -2.24. The van der Waals surface area contributed by atoms with Crippen LogP contribution < -0.4 is 5.32 Å². The Morgan fingerprint density at radius 1 is 1.23 bits per heavy atom. The number of nitrogens with zero attached hydrogens (tertiary/aromatic N) is 1. The fraction of sp³-hybridized carbons (Fsp3) is 0.550. The smallest absolute Gasteiger partial charge is 0.414 e. The van der Waals surface area contributed by atoms with Crippen molar-refractivity contribution in [3.8, 4) is 0 Å². The van der Waals surface area contributed by atoms with Crippen molar-refractivity contribution in [1.82, 2.24) is 5.32 Å². The molecule has 30 heavy (non-hydrogen) atoms. The highest BCUT2D eigenvalue weighted by Gasteiger charge is 2.19. The van der Waals surface area contributed by atoms with Gasteiger partial charge in [-0.1, -0.05) is 48.2 Å². The second-order valence-electron chi connectivity index (χ2n) is 7.06. The summed E-state index contributed by atoms with van der Waals surface area (Å²) in [7, 11) is 0. The first-order chi connectivity index (χ1) is 14.4. The highest BCUT2D eigenvalue weighted by atomic mass is 35.5. The van der Waals surface area contributed by atoms with Gasteiger partial charge in [0.2, 0.25) is 0 Å². The van der Waals surface area contributed by atoms with Crippen LogP contribution in [-0.4, -0.2) is 64.0 Å². The molecule has 3 rings (SSSR count). The lowest BCUT2D eigenvalue weighted by atomic mass is 9.95. The molecule has 1 unspecified atom stereocenters. The number of carboxylic acids is 2. The summed E-state index contributed by atoms with van der Waals surface area (Å²) >= 11 is 8.00. The van der Waals surface area contributed by atoms with Gasteiger partial charge in [-0.2, -0.15) is 0 Å². The van der Waals surface area contributed by atoms with Crippen molar-refractivity contribution in [1.29, 1.82) is 0 Å². The third-order valence-electron chi connectivity index (χ3n) is 4.74. The Bertz CT molecular complexity index is 743. The van der Waals surface area contributed by atoms with Crippen molar-refractivity contribution in [3.05, 3.63) is 28.8 Å². The first-order valence-corrected chi connectivity index (χ1v) is 11.2. The monoisotopic (exact) mass is 458 g/mol. The zero-order valence-corrected chi connectivity index (χ0v) is 18.1. The van der Waals surface area contributed by atoms with E-state index in [1.165, 1.54) is 32.1 Å². The van der Waals surface area contributed by atoms with Gasteiger partial charge in [0.05, 0.1) is 10.7 Å². The number of aliphatic hydroxyl groups is 1. The van der Waals surface area contributed by atoms with Gasteiger partial charge in [-0.25, -0.2) is 9.59 Å². The number of benzene rings is 1. The quantitative estimate of drug-likeness (QED) is 0.378. The van der Waals surface area contributed by atoms with Crippen LogP contribution >= 0.6 is 23.4 Å². The highest BCUT2D eigenvalue weighted by Crippen LogP contribution is 2.35. The predicted octanol–water partition coefficient (Wildman–Crippen LogP) is 3.00. The van der Waals surface area contributed by atoms with E-state index in [9.17, 15) is 5.11 Å². The molecule has 10 heteroatoms. The number of oxime groups is 1. The number of hydrogen-bond acceptors (Lipinski definition) is 7. The maximum atomic E-state index is 10.1. The highest BCUT2D eigenvalue weighted by molar-refractivity contribution is 7.99. The molecule has 0 amide bonds. The van der Waals surface area contributed by atoms with E-state index in [2.05, 4.69) is 10.5 Å². The minimum Gasteiger partial charge on any atom is -0.473 e. The van der Waals surface area contributed by atoms with Crippen LogP contribution in [0.25, 0.3) is 0 Å². The van der Waals surface area contributed by atoms with Gasteiger partial charge in [0.15, 0.2) is 0 Å². The summed E-state index contributed by atoms with van der Waals surface area (Å²) < 4.78 is 0. The number of fused-ring (bicyclic) bond motifs is 1. The molecule has 1 atom stereocenters. The van der Waals surface area contributed by atoms with Gasteiger partial charge in [0.25, 0.3) is 0 Å². The molecule has 0 bridgehead atoms. The number of rotatable bonds is 6. The molecule has 1 aliphatic heterocycles. The topological polar surface area (TPSA) is 128 Å². The number of aliphatic hydroxyl groups excluding tert-OH is 1. The van der Waals surface area contributed by atoms with Gasteiger partial charge in [-0.05, 0) is 18.9 Å². The Balaban J connectivity index is 0.000000469. The fourth-order valence-electron chi connectivity index (χ4n) is 3.23. The Kier molecular flexibility index (Phi) is 10.4. The standard InChI is InChI=1S/C18H25ClN2O2S.C2H2O4/c19-16-8-4-7-15-17(9-10-24-18(15)16)21-23-12-14(22)11-20-13-5-2-1-3-6-13;3-1(4)2(5)6/h4,7-8,13-14,20,22H,1-3,5-6,9-12H2;(H,3,4)(H,5,6). The van der Waals surface area contributed by atoms with Gasteiger partial charge >= 0.3 is 11.9 Å². The lowest BCUT2D eigenvalue weighted by molar-refractivity contribution is -0.159. The number of aliphatic carboxylic acids is 2. The van der Waals surface area contributed by atoms with Crippen molar-refractivity contribution in [3.63, 3.8) is 0 Å². The van der Waals surface area contributed by atoms with E-state index in [1.807, 2.05) is 18.2 Å². The van der Waals surface area contributed by atoms with E-state index in [0.717, 1.165) is 33.4 Å². The van der Waals surface area contributed by atoms with Crippen LogP contribution in [0, 0.1) is 0 Å². The largest absolute Gasteiger partial charge is 0.473 e. The maximum Gasteiger partial charge on any atom is 0.414 e. The van der Waals surface area contributed by atoms with Gasteiger partial charge in [0.1, 0.15) is 12.7 Å². The molecule has 1 saturated carbocycles. The Morgan fingerprint density at radius 3 is 2.60 bits per heavy atom. The zero-order chi connectivity index (χ0) is 21.9. The van der Waals surface area contributed by atoms with Gasteiger partial charge in [-0.15, -0.1) is 11.8 Å². The number of hydrogen-bond donors (Lipinski definition) is 4. The molecular formula is C20H27ClN2O6S. The SMILES string of the molecule is O=C(O)C(=O)O.OC(CNC1CCCCC1)CON=C1CCSc2c(Cl)cccc21. The van der Waals surface area contributed by atoms with E-state index in [-0.39, 0.29) is 6.61 Å². The van der Waals surface area contributed by atoms with Gasteiger partial charge in [-0.3, -0.25) is 0 Å². The van der Waals surface area contributed by atoms with Crippen molar-refractivity contribution < 1.29 is 29.7 Å². The Hall–Kier alpha value is -1.81. The van der Waals surface area contributed by atoms with Crippen LogP contribution in [0.3, 0.4) is 0 Å². The molecule has 0 radical (unpaired) electrons. The summed E-state index contributed by atoms with van der Waals surface area (Å²) in [6.45, 7) is 0.778. The van der Waals surface area contributed by atoms with E-state index in [0.29, 0.717) is 12.6 Å². The zero-order valence-electron chi connectivity index (χ0n) is 16.6. The predicted molar refractivity (Wildman–Crippen MR) is 115 cm³/mol. The van der Waals surface area contributed by atoms with Crippen LogP contribution in [0.1, 0.15) is 44.1 Å². The third-order valence-corrected chi connectivity index (χ3v) is 6.30. The number of halogens is 1. The van der Waals surface area contributed by atoms with Crippen molar-refractivity contribution >= 4 is 41.0 Å². The minimum atomic E-state index is -1.82. The number of nitrogens with one attached hydrogen (secondary N) is 1. The second-order valence-corrected chi connectivity index (χ2v) is 8.57. The molecule has 166 valence electrons. The summed E-state index contributed by atoms with van der Waals surface area (Å²) in [6, 6.07) is 6.41. The van der Waals surface area contributed by atoms with E-state index >= 15 is 0 Å². The van der Waals surface area contributed by atoms with Crippen LogP contribution in [-0.2, 0) is 14.4 Å².